The Hall–Kier alpha value is -1.87. The molecule has 2 aromatic rings. The SMILES string of the molecule is Cc1cc(F)ccc1OC1Cc2ccccc2C1O. The molecule has 2 atom stereocenters. The summed E-state index contributed by atoms with van der Waals surface area (Å²) in [5, 5.41) is 10.2. The molecule has 0 radical (unpaired) electrons. The Morgan fingerprint density at radius 3 is 2.74 bits per heavy atom. The predicted octanol–water partition coefficient (Wildman–Crippen LogP) is 3.17. The van der Waals surface area contributed by atoms with Gasteiger partial charge in [0.25, 0.3) is 0 Å². The molecule has 0 amide bonds. The van der Waals surface area contributed by atoms with Gasteiger partial charge in [-0.1, -0.05) is 24.3 Å². The number of hydrogen-bond acceptors (Lipinski definition) is 2. The first-order valence-electron chi connectivity index (χ1n) is 6.34. The van der Waals surface area contributed by atoms with Crippen LogP contribution in [0.4, 0.5) is 4.39 Å². The Kier molecular flexibility index (Phi) is 2.99. The van der Waals surface area contributed by atoms with Crippen molar-refractivity contribution in [3.8, 4) is 5.75 Å². The number of hydrogen-bond donors (Lipinski definition) is 1. The van der Waals surface area contributed by atoms with Gasteiger partial charge in [0.2, 0.25) is 0 Å². The third-order valence-electron chi connectivity index (χ3n) is 3.56. The summed E-state index contributed by atoms with van der Waals surface area (Å²) < 4.78 is 18.9. The quantitative estimate of drug-likeness (QED) is 0.896. The van der Waals surface area contributed by atoms with E-state index in [4.69, 9.17) is 4.74 Å². The zero-order valence-electron chi connectivity index (χ0n) is 10.6. The third kappa shape index (κ3) is 2.22. The first-order valence-corrected chi connectivity index (χ1v) is 6.34. The molecule has 1 N–H and O–H groups in total. The fourth-order valence-electron chi connectivity index (χ4n) is 2.55. The van der Waals surface area contributed by atoms with Gasteiger partial charge < -0.3 is 9.84 Å². The minimum absolute atomic E-state index is 0.278. The van der Waals surface area contributed by atoms with Gasteiger partial charge in [0.05, 0.1) is 0 Å². The second-order valence-electron chi connectivity index (χ2n) is 4.91. The van der Waals surface area contributed by atoms with E-state index in [9.17, 15) is 9.50 Å². The second kappa shape index (κ2) is 4.67. The average Bonchev–Trinajstić information content (AvgIpc) is 2.70. The molecule has 0 bridgehead atoms. The summed E-state index contributed by atoms with van der Waals surface area (Å²) in [5.74, 6) is 0.346. The smallest absolute Gasteiger partial charge is 0.133 e. The number of aliphatic hydroxyl groups is 1. The Labute approximate surface area is 111 Å². The fourth-order valence-corrected chi connectivity index (χ4v) is 2.55. The van der Waals surface area contributed by atoms with E-state index in [1.807, 2.05) is 24.3 Å². The van der Waals surface area contributed by atoms with Crippen molar-refractivity contribution < 1.29 is 14.2 Å². The molecule has 1 aliphatic carbocycles. The zero-order valence-corrected chi connectivity index (χ0v) is 10.6. The van der Waals surface area contributed by atoms with Crippen molar-refractivity contribution in [2.24, 2.45) is 0 Å². The Morgan fingerprint density at radius 2 is 2.00 bits per heavy atom. The maximum atomic E-state index is 13.0. The van der Waals surface area contributed by atoms with E-state index in [1.54, 1.807) is 13.0 Å². The molecule has 0 spiro atoms. The minimum Gasteiger partial charge on any atom is -0.487 e. The standard InChI is InChI=1S/C16H15FO2/c1-10-8-12(17)6-7-14(10)19-15-9-11-4-2-3-5-13(11)16(15)18/h2-8,15-16,18H,9H2,1H3. The second-order valence-corrected chi connectivity index (χ2v) is 4.91. The van der Waals surface area contributed by atoms with Gasteiger partial charge in [-0.2, -0.15) is 0 Å². The zero-order chi connectivity index (χ0) is 13.4. The Balaban J connectivity index is 1.83. The highest BCUT2D eigenvalue weighted by atomic mass is 19.1. The molecule has 0 heterocycles. The normalized spacial score (nSPS) is 21.2. The highest BCUT2D eigenvalue weighted by molar-refractivity contribution is 5.37. The molecule has 19 heavy (non-hydrogen) atoms. The van der Waals surface area contributed by atoms with Crippen LogP contribution in [0.5, 0.6) is 5.75 Å². The highest BCUT2D eigenvalue weighted by Crippen LogP contribution is 2.34. The summed E-state index contributed by atoms with van der Waals surface area (Å²) >= 11 is 0. The largest absolute Gasteiger partial charge is 0.487 e. The van der Waals surface area contributed by atoms with Gasteiger partial charge in [-0.25, -0.2) is 4.39 Å². The van der Waals surface area contributed by atoms with Gasteiger partial charge in [-0.3, -0.25) is 0 Å². The van der Waals surface area contributed by atoms with Crippen LogP contribution in [0.1, 0.15) is 22.8 Å². The maximum absolute atomic E-state index is 13.0. The van der Waals surface area contributed by atoms with Crippen molar-refractivity contribution in [3.05, 3.63) is 65.0 Å². The van der Waals surface area contributed by atoms with Crippen molar-refractivity contribution in [2.45, 2.75) is 25.6 Å². The van der Waals surface area contributed by atoms with E-state index in [1.165, 1.54) is 12.1 Å². The van der Waals surface area contributed by atoms with E-state index in [2.05, 4.69) is 0 Å². The molecule has 0 fully saturated rings. The molecule has 98 valence electrons. The average molecular weight is 258 g/mol. The molecule has 3 heteroatoms. The van der Waals surface area contributed by atoms with Crippen LogP contribution in [-0.2, 0) is 6.42 Å². The van der Waals surface area contributed by atoms with Gasteiger partial charge in [0.1, 0.15) is 23.8 Å². The number of rotatable bonds is 2. The molecule has 2 nitrogen and oxygen atoms in total. The molecule has 0 saturated heterocycles. The molecule has 2 unspecified atom stereocenters. The predicted molar refractivity (Wildman–Crippen MR) is 70.7 cm³/mol. The first kappa shape index (κ1) is 12.2. The van der Waals surface area contributed by atoms with Crippen molar-refractivity contribution in [1.82, 2.24) is 0 Å². The summed E-state index contributed by atoms with van der Waals surface area (Å²) in [6.45, 7) is 1.80. The van der Waals surface area contributed by atoms with Gasteiger partial charge in [-0.15, -0.1) is 0 Å². The number of halogens is 1. The Bertz CT molecular complexity index is 609. The third-order valence-corrected chi connectivity index (χ3v) is 3.56. The van der Waals surface area contributed by atoms with E-state index in [0.29, 0.717) is 12.2 Å². The maximum Gasteiger partial charge on any atom is 0.133 e. The minimum atomic E-state index is -0.624. The van der Waals surface area contributed by atoms with Crippen LogP contribution in [0.15, 0.2) is 42.5 Å². The fraction of sp³-hybridized carbons (Fsp3) is 0.250. The van der Waals surface area contributed by atoms with Crippen LogP contribution in [0.25, 0.3) is 0 Å². The van der Waals surface area contributed by atoms with E-state index in [-0.39, 0.29) is 11.9 Å². The van der Waals surface area contributed by atoms with Crippen LogP contribution >= 0.6 is 0 Å². The lowest BCUT2D eigenvalue weighted by Gasteiger charge is -2.19. The summed E-state index contributed by atoms with van der Waals surface area (Å²) in [5.41, 5.74) is 2.77. The summed E-state index contributed by atoms with van der Waals surface area (Å²) in [4.78, 5) is 0. The molecule has 1 aliphatic rings. The molecule has 0 aliphatic heterocycles. The summed E-state index contributed by atoms with van der Waals surface area (Å²) in [6.07, 6.45) is -0.254. The first-order chi connectivity index (χ1) is 9.15. The lowest BCUT2D eigenvalue weighted by Crippen LogP contribution is -2.22. The number of ether oxygens (including phenoxy) is 1. The van der Waals surface area contributed by atoms with Crippen LogP contribution in [0.3, 0.4) is 0 Å². The van der Waals surface area contributed by atoms with Crippen molar-refractivity contribution in [1.29, 1.82) is 0 Å². The van der Waals surface area contributed by atoms with Gasteiger partial charge in [-0.05, 0) is 41.8 Å². The van der Waals surface area contributed by atoms with E-state index >= 15 is 0 Å². The van der Waals surface area contributed by atoms with Crippen molar-refractivity contribution >= 4 is 0 Å². The monoisotopic (exact) mass is 258 g/mol. The number of aliphatic hydroxyl groups excluding tert-OH is 1. The molecule has 3 rings (SSSR count). The lowest BCUT2D eigenvalue weighted by atomic mass is 10.1. The summed E-state index contributed by atoms with van der Waals surface area (Å²) in [7, 11) is 0. The summed E-state index contributed by atoms with van der Waals surface area (Å²) in [6, 6.07) is 12.2. The van der Waals surface area contributed by atoms with E-state index < -0.39 is 6.10 Å². The highest BCUT2D eigenvalue weighted by Gasteiger charge is 2.32. The molecule has 2 aromatic carbocycles. The van der Waals surface area contributed by atoms with Crippen LogP contribution in [0.2, 0.25) is 0 Å². The van der Waals surface area contributed by atoms with Crippen molar-refractivity contribution in [2.75, 3.05) is 0 Å². The van der Waals surface area contributed by atoms with Crippen LogP contribution < -0.4 is 4.74 Å². The van der Waals surface area contributed by atoms with Crippen LogP contribution in [-0.4, -0.2) is 11.2 Å². The molecule has 0 aromatic heterocycles. The van der Waals surface area contributed by atoms with Gasteiger partial charge in [0.15, 0.2) is 0 Å². The molecular weight excluding hydrogens is 243 g/mol. The topological polar surface area (TPSA) is 29.5 Å². The van der Waals surface area contributed by atoms with Gasteiger partial charge >= 0.3 is 0 Å². The number of fused-ring (bicyclic) bond motifs is 1. The molecule has 0 saturated carbocycles. The number of aryl methyl sites for hydroxylation is 1. The van der Waals surface area contributed by atoms with Gasteiger partial charge in [0, 0.05) is 6.42 Å². The number of benzene rings is 2. The van der Waals surface area contributed by atoms with Crippen LogP contribution in [0, 0.1) is 12.7 Å². The molecular formula is C16H15FO2. The lowest BCUT2D eigenvalue weighted by molar-refractivity contribution is 0.0489. The Morgan fingerprint density at radius 1 is 1.21 bits per heavy atom. The van der Waals surface area contributed by atoms with E-state index in [0.717, 1.165) is 16.7 Å². The van der Waals surface area contributed by atoms with Crippen molar-refractivity contribution in [3.63, 3.8) is 0 Å².